The average Bonchev–Trinajstić information content (AvgIpc) is 3.25. The first-order valence-corrected chi connectivity index (χ1v) is 13.3. The fourth-order valence-electron chi connectivity index (χ4n) is 4.20. The summed E-state index contributed by atoms with van der Waals surface area (Å²) >= 11 is 0. The molecule has 0 aliphatic carbocycles. The van der Waals surface area contributed by atoms with Gasteiger partial charge in [-0.15, -0.1) is 0 Å². The van der Waals surface area contributed by atoms with Crippen LogP contribution in [0.5, 0.6) is 0 Å². The molecule has 1 spiro atoms. The number of likely N-dealkylation sites (tertiary alicyclic amines) is 1. The molecule has 0 bridgehead atoms. The van der Waals surface area contributed by atoms with Gasteiger partial charge in [0, 0.05) is 56.9 Å². The minimum atomic E-state index is -5.08. The number of hydrogen-bond donors (Lipinski definition) is 3. The molecule has 47 heavy (non-hydrogen) atoms. The Labute approximate surface area is 261 Å². The molecule has 21 heteroatoms. The van der Waals surface area contributed by atoms with E-state index in [0.717, 1.165) is 58.3 Å². The fourth-order valence-corrected chi connectivity index (χ4v) is 4.20. The Bertz CT molecular complexity index is 1210. The van der Waals surface area contributed by atoms with Crippen molar-refractivity contribution >= 4 is 17.9 Å². The lowest BCUT2D eigenvalue weighted by atomic mass is 9.78. The molecule has 3 N–H and O–H groups in total. The van der Waals surface area contributed by atoms with Crippen molar-refractivity contribution in [2.45, 2.75) is 44.5 Å². The second-order valence-electron chi connectivity index (χ2n) is 10.3. The summed E-state index contributed by atoms with van der Waals surface area (Å²) in [5.41, 5.74) is 1.58. The molecule has 2 saturated heterocycles. The number of imidazole rings is 1. The van der Waals surface area contributed by atoms with Gasteiger partial charge in [0.25, 0.3) is 0 Å². The Hall–Kier alpha value is -3.98. The lowest BCUT2D eigenvalue weighted by Gasteiger charge is -2.42. The lowest BCUT2D eigenvalue weighted by Crippen LogP contribution is -2.47. The summed E-state index contributed by atoms with van der Waals surface area (Å²) in [5, 5.41) is 21.4. The van der Waals surface area contributed by atoms with Crippen LogP contribution in [0.25, 0.3) is 0 Å². The second-order valence-corrected chi connectivity index (χ2v) is 10.3. The molecule has 0 amide bonds. The maximum atomic E-state index is 10.6. The molecule has 12 nitrogen and oxygen atoms in total. The van der Waals surface area contributed by atoms with Gasteiger partial charge < -0.3 is 24.6 Å². The van der Waals surface area contributed by atoms with E-state index in [1.54, 1.807) is 0 Å². The molecule has 266 valence electrons. The Morgan fingerprint density at radius 2 is 1.34 bits per heavy atom. The predicted molar refractivity (Wildman–Crippen MR) is 142 cm³/mol. The smallest absolute Gasteiger partial charge is 0.475 e. The van der Waals surface area contributed by atoms with Crippen molar-refractivity contribution in [3.8, 4) is 0 Å². The van der Waals surface area contributed by atoms with E-state index < -0.39 is 36.4 Å². The lowest BCUT2D eigenvalue weighted by molar-refractivity contribution is -0.193. The summed E-state index contributed by atoms with van der Waals surface area (Å²) in [5.74, 6) is -7.12. The maximum Gasteiger partial charge on any atom is 0.490 e. The van der Waals surface area contributed by atoms with E-state index in [2.05, 4.69) is 37.4 Å². The second kappa shape index (κ2) is 17.8. The van der Waals surface area contributed by atoms with Gasteiger partial charge in [0.05, 0.1) is 19.8 Å². The van der Waals surface area contributed by atoms with Crippen LogP contribution >= 0.6 is 0 Å². The van der Waals surface area contributed by atoms with Crippen molar-refractivity contribution in [3.05, 3.63) is 48.3 Å². The van der Waals surface area contributed by atoms with Crippen LogP contribution in [0, 0.1) is 5.41 Å². The summed E-state index contributed by atoms with van der Waals surface area (Å²) < 4.78 is 103. The minimum absolute atomic E-state index is 0.289. The topological polar surface area (TPSA) is 158 Å². The fraction of sp³-hybridized carbons (Fsp3) is 0.577. The first kappa shape index (κ1) is 41.0. The Balaban J connectivity index is 0.000000430. The van der Waals surface area contributed by atoms with Crippen LogP contribution < -0.4 is 0 Å². The van der Waals surface area contributed by atoms with Crippen molar-refractivity contribution in [1.82, 2.24) is 24.3 Å². The number of nitrogens with zero attached hydrogens (tertiary/aromatic N) is 5. The van der Waals surface area contributed by atoms with E-state index in [-0.39, 0.29) is 5.41 Å². The highest BCUT2D eigenvalue weighted by atomic mass is 19.4. The minimum Gasteiger partial charge on any atom is -0.475 e. The van der Waals surface area contributed by atoms with Gasteiger partial charge in [0.1, 0.15) is 5.82 Å². The number of hydrogen-bond acceptors (Lipinski definition) is 8. The number of ether oxygens (including phenoxy) is 1. The van der Waals surface area contributed by atoms with E-state index in [1.165, 1.54) is 18.4 Å². The molecule has 2 aromatic rings. The SMILES string of the molecule is Cn1ccnc1CN1CCC2(CC1)COCCN(Cc1cccnc1)C2.O=C(O)C(F)(F)F.O=C(O)C(F)(F)F.O=C(O)C(F)(F)F. The molecule has 2 aliphatic rings. The third-order valence-corrected chi connectivity index (χ3v) is 6.58. The number of aliphatic carboxylic acids is 3. The number of pyridine rings is 1. The molecule has 4 heterocycles. The van der Waals surface area contributed by atoms with Gasteiger partial charge >= 0.3 is 36.4 Å². The van der Waals surface area contributed by atoms with E-state index in [1.807, 2.05) is 30.9 Å². The van der Waals surface area contributed by atoms with Gasteiger partial charge in [-0.1, -0.05) is 6.07 Å². The van der Waals surface area contributed by atoms with E-state index in [4.69, 9.17) is 34.4 Å². The summed E-state index contributed by atoms with van der Waals surface area (Å²) in [6.07, 6.45) is -5.13. The largest absolute Gasteiger partial charge is 0.490 e. The molecule has 0 atom stereocenters. The van der Waals surface area contributed by atoms with Gasteiger partial charge in [-0.05, 0) is 37.6 Å². The summed E-state index contributed by atoms with van der Waals surface area (Å²) in [6.45, 7) is 8.02. The Morgan fingerprint density at radius 3 is 1.74 bits per heavy atom. The summed E-state index contributed by atoms with van der Waals surface area (Å²) in [6, 6.07) is 4.19. The van der Waals surface area contributed by atoms with Crippen LogP contribution in [0.2, 0.25) is 0 Å². The molecule has 0 radical (unpaired) electrons. The highest BCUT2D eigenvalue weighted by molar-refractivity contribution is 5.73. The number of halogens is 9. The quantitative estimate of drug-likeness (QED) is 0.399. The molecular formula is C26H32F9N5O7. The number of carbonyl (C=O) groups is 3. The number of carboxylic acid groups (broad SMARTS) is 3. The van der Waals surface area contributed by atoms with Gasteiger partial charge in [0.2, 0.25) is 0 Å². The van der Waals surface area contributed by atoms with E-state index in [9.17, 15) is 39.5 Å². The van der Waals surface area contributed by atoms with Gasteiger partial charge in [0.15, 0.2) is 0 Å². The van der Waals surface area contributed by atoms with Gasteiger partial charge in [-0.25, -0.2) is 19.4 Å². The molecule has 4 rings (SSSR count). The zero-order valence-corrected chi connectivity index (χ0v) is 24.6. The average molecular weight is 698 g/mol. The maximum absolute atomic E-state index is 10.6. The number of rotatable bonds is 4. The Kier molecular flexibility index (Phi) is 15.5. The monoisotopic (exact) mass is 697 g/mol. The number of aromatic nitrogens is 3. The zero-order chi connectivity index (χ0) is 36.1. The molecular weight excluding hydrogens is 665 g/mol. The van der Waals surface area contributed by atoms with Crippen molar-refractivity contribution in [2.24, 2.45) is 12.5 Å². The van der Waals surface area contributed by atoms with Crippen molar-refractivity contribution in [3.63, 3.8) is 0 Å². The molecule has 0 aromatic carbocycles. The highest BCUT2D eigenvalue weighted by Crippen LogP contribution is 2.35. The predicted octanol–water partition coefficient (Wildman–Crippen LogP) is 3.83. The van der Waals surface area contributed by atoms with E-state index >= 15 is 0 Å². The van der Waals surface area contributed by atoms with Crippen LogP contribution in [0.3, 0.4) is 0 Å². The molecule has 2 fully saturated rings. The van der Waals surface area contributed by atoms with Crippen molar-refractivity contribution in [1.29, 1.82) is 0 Å². The summed E-state index contributed by atoms with van der Waals surface area (Å²) in [7, 11) is 2.07. The Morgan fingerprint density at radius 1 is 0.830 bits per heavy atom. The van der Waals surface area contributed by atoms with Crippen LogP contribution in [0.1, 0.15) is 24.2 Å². The third-order valence-electron chi connectivity index (χ3n) is 6.58. The number of carboxylic acids is 3. The third kappa shape index (κ3) is 15.9. The number of aryl methyl sites for hydroxylation is 1. The van der Waals surface area contributed by atoms with Crippen molar-refractivity contribution < 1.29 is 74.0 Å². The highest BCUT2D eigenvalue weighted by Gasteiger charge is 2.40. The normalized spacial score (nSPS) is 17.1. The molecule has 2 aliphatic heterocycles. The van der Waals surface area contributed by atoms with Crippen LogP contribution in [-0.4, -0.2) is 115 Å². The molecule has 2 aromatic heterocycles. The van der Waals surface area contributed by atoms with Crippen LogP contribution in [0.15, 0.2) is 36.9 Å². The van der Waals surface area contributed by atoms with Gasteiger partial charge in [-0.2, -0.15) is 39.5 Å². The number of alkyl halides is 9. The van der Waals surface area contributed by atoms with Crippen molar-refractivity contribution in [2.75, 3.05) is 39.4 Å². The van der Waals surface area contributed by atoms with Gasteiger partial charge in [-0.3, -0.25) is 14.8 Å². The zero-order valence-electron chi connectivity index (χ0n) is 24.6. The molecule has 0 saturated carbocycles. The summed E-state index contributed by atoms with van der Waals surface area (Å²) in [4.78, 5) is 40.5. The first-order valence-electron chi connectivity index (χ1n) is 13.3. The van der Waals surface area contributed by atoms with E-state index in [0.29, 0.717) is 0 Å². The first-order chi connectivity index (χ1) is 21.6. The molecule has 0 unspecified atom stereocenters. The standard InChI is InChI=1S/C20H29N5O.3C2HF3O2/c1-23-10-7-22-19(23)15-24-8-4-20(5-9-24)16-25(11-12-26-17-20)14-18-3-2-6-21-13-18;3*3-2(4,5)1(6)7/h2-3,6-7,10,13H,4-5,8-9,11-12,14-17H2,1H3;3*(H,6,7). The van der Waals surface area contributed by atoms with Crippen LogP contribution in [0.4, 0.5) is 39.5 Å². The van der Waals surface area contributed by atoms with Crippen LogP contribution in [-0.2, 0) is 39.3 Å². The number of piperidine rings is 1.